The molecule has 0 fully saturated rings. The number of hydrogen-bond acceptors (Lipinski definition) is 4. The number of phenolic OH excluding ortho intramolecular Hbond substituents is 1. The number of benzene rings is 2. The van der Waals surface area contributed by atoms with Crippen LogP contribution in [0, 0.1) is 0 Å². The van der Waals surface area contributed by atoms with E-state index in [1.165, 1.54) is 0 Å². The van der Waals surface area contributed by atoms with Crippen molar-refractivity contribution in [2.75, 3.05) is 0 Å². The van der Waals surface area contributed by atoms with E-state index in [0.717, 1.165) is 22.2 Å². The third kappa shape index (κ3) is 2.49. The Morgan fingerprint density at radius 3 is 2.48 bits per heavy atom. The van der Waals surface area contributed by atoms with Crippen molar-refractivity contribution in [3.05, 3.63) is 60.2 Å². The summed E-state index contributed by atoms with van der Waals surface area (Å²) in [6.07, 6.45) is 0. The van der Waals surface area contributed by atoms with E-state index in [0.29, 0.717) is 5.56 Å². The maximum Gasteiger partial charge on any atom is 0.170 e. The molecule has 0 unspecified atom stereocenters. The Kier molecular flexibility index (Phi) is 3.16. The number of nitrogens with zero attached hydrogens (tertiary/aromatic N) is 2. The number of amidine groups is 1. The summed E-state index contributed by atoms with van der Waals surface area (Å²) in [4.78, 5) is 4.56. The fraction of sp³-hybridized carbons (Fsp3) is 0. The number of nitrogens with two attached hydrogens (primary N) is 1. The Bertz CT molecular complexity index is 827. The molecule has 0 saturated heterocycles. The fourth-order valence-corrected chi connectivity index (χ4v) is 2.14. The lowest BCUT2D eigenvalue weighted by molar-refractivity contribution is 0.318. The first-order valence-electron chi connectivity index (χ1n) is 6.35. The molecule has 0 aliphatic carbocycles. The van der Waals surface area contributed by atoms with Gasteiger partial charge >= 0.3 is 0 Å². The standard InChI is InChI=1S/C16H13N3O2/c17-16(19-21)11-3-1-10(2-4-11)14-7-5-12-9-13(20)6-8-15(12)18-14/h1-9,20-21H,(H2,17,19). The first-order chi connectivity index (χ1) is 10.2. The highest BCUT2D eigenvalue weighted by atomic mass is 16.4. The van der Waals surface area contributed by atoms with E-state index in [1.807, 2.05) is 24.3 Å². The number of rotatable bonds is 2. The summed E-state index contributed by atoms with van der Waals surface area (Å²) in [7, 11) is 0. The van der Waals surface area contributed by atoms with Crippen LogP contribution in [-0.2, 0) is 0 Å². The van der Waals surface area contributed by atoms with Crippen molar-refractivity contribution >= 4 is 16.7 Å². The van der Waals surface area contributed by atoms with Crippen molar-refractivity contribution in [2.24, 2.45) is 10.9 Å². The predicted octanol–water partition coefficient (Wildman–Crippen LogP) is 2.70. The Morgan fingerprint density at radius 2 is 1.76 bits per heavy atom. The monoisotopic (exact) mass is 279 g/mol. The van der Waals surface area contributed by atoms with Crippen LogP contribution >= 0.6 is 0 Å². The smallest absolute Gasteiger partial charge is 0.170 e. The summed E-state index contributed by atoms with van der Waals surface area (Å²) >= 11 is 0. The fourth-order valence-electron chi connectivity index (χ4n) is 2.14. The normalized spacial score (nSPS) is 11.7. The molecule has 0 spiro atoms. The van der Waals surface area contributed by atoms with Gasteiger partial charge < -0.3 is 16.0 Å². The third-order valence-corrected chi connectivity index (χ3v) is 3.26. The van der Waals surface area contributed by atoms with Crippen LogP contribution in [0.2, 0.25) is 0 Å². The SMILES string of the molecule is NC(=NO)c1ccc(-c2ccc3cc(O)ccc3n2)cc1. The van der Waals surface area contributed by atoms with Gasteiger partial charge in [0, 0.05) is 16.5 Å². The molecule has 4 N–H and O–H groups in total. The molecular weight excluding hydrogens is 266 g/mol. The zero-order valence-corrected chi connectivity index (χ0v) is 11.1. The van der Waals surface area contributed by atoms with Gasteiger partial charge in [0.15, 0.2) is 5.84 Å². The van der Waals surface area contributed by atoms with E-state index in [9.17, 15) is 5.11 Å². The highest BCUT2D eigenvalue weighted by molar-refractivity contribution is 5.97. The maximum absolute atomic E-state index is 9.45. The second kappa shape index (κ2) is 5.13. The molecule has 5 nitrogen and oxygen atoms in total. The zero-order valence-electron chi connectivity index (χ0n) is 11.1. The van der Waals surface area contributed by atoms with Gasteiger partial charge in [-0.1, -0.05) is 35.5 Å². The molecule has 0 saturated carbocycles. The Balaban J connectivity index is 2.02. The Morgan fingerprint density at radius 1 is 1.00 bits per heavy atom. The van der Waals surface area contributed by atoms with Gasteiger partial charge in [0.25, 0.3) is 0 Å². The molecule has 0 aliphatic heterocycles. The van der Waals surface area contributed by atoms with E-state index < -0.39 is 0 Å². The molecule has 3 rings (SSSR count). The summed E-state index contributed by atoms with van der Waals surface area (Å²) < 4.78 is 0. The van der Waals surface area contributed by atoms with Gasteiger partial charge in [0.05, 0.1) is 11.2 Å². The van der Waals surface area contributed by atoms with E-state index in [-0.39, 0.29) is 11.6 Å². The molecule has 2 aromatic carbocycles. The van der Waals surface area contributed by atoms with Crippen molar-refractivity contribution in [3.63, 3.8) is 0 Å². The minimum absolute atomic E-state index is 0.0727. The number of aromatic nitrogens is 1. The quantitative estimate of drug-likeness (QED) is 0.291. The lowest BCUT2D eigenvalue weighted by atomic mass is 10.1. The van der Waals surface area contributed by atoms with E-state index in [4.69, 9.17) is 10.9 Å². The maximum atomic E-state index is 9.45. The zero-order chi connectivity index (χ0) is 14.8. The number of phenols is 1. The summed E-state index contributed by atoms with van der Waals surface area (Å²) in [5.74, 6) is 0.295. The first-order valence-corrected chi connectivity index (χ1v) is 6.35. The van der Waals surface area contributed by atoms with Crippen molar-refractivity contribution < 1.29 is 10.3 Å². The van der Waals surface area contributed by atoms with Crippen LogP contribution in [-0.4, -0.2) is 21.1 Å². The van der Waals surface area contributed by atoms with Gasteiger partial charge in [-0.3, -0.25) is 0 Å². The minimum atomic E-state index is 0.0727. The van der Waals surface area contributed by atoms with Gasteiger partial charge in [-0.15, -0.1) is 0 Å². The topological polar surface area (TPSA) is 91.7 Å². The van der Waals surface area contributed by atoms with Crippen LogP contribution < -0.4 is 5.73 Å². The highest BCUT2D eigenvalue weighted by Crippen LogP contribution is 2.23. The molecule has 3 aromatic rings. The molecule has 5 heteroatoms. The molecule has 0 aliphatic rings. The lowest BCUT2D eigenvalue weighted by Gasteiger charge is -2.05. The van der Waals surface area contributed by atoms with E-state index in [2.05, 4.69) is 10.1 Å². The van der Waals surface area contributed by atoms with Gasteiger partial charge in [0.2, 0.25) is 0 Å². The average molecular weight is 279 g/mol. The van der Waals surface area contributed by atoms with Crippen LogP contribution in [0.25, 0.3) is 22.2 Å². The average Bonchev–Trinajstić information content (AvgIpc) is 2.53. The summed E-state index contributed by atoms with van der Waals surface area (Å²) in [6.45, 7) is 0. The van der Waals surface area contributed by atoms with Gasteiger partial charge in [-0.05, 0) is 24.3 Å². The largest absolute Gasteiger partial charge is 0.508 e. The first kappa shape index (κ1) is 12.9. The number of oxime groups is 1. The Labute approximate surface area is 121 Å². The summed E-state index contributed by atoms with van der Waals surface area (Å²) in [6, 6.07) is 16.1. The summed E-state index contributed by atoms with van der Waals surface area (Å²) in [5.41, 5.74) is 8.74. The van der Waals surface area contributed by atoms with Crippen molar-refractivity contribution in [1.82, 2.24) is 4.98 Å². The molecule has 0 amide bonds. The minimum Gasteiger partial charge on any atom is -0.508 e. The van der Waals surface area contributed by atoms with Crippen molar-refractivity contribution in [1.29, 1.82) is 0 Å². The number of aromatic hydroxyl groups is 1. The van der Waals surface area contributed by atoms with Gasteiger partial charge in [-0.25, -0.2) is 4.98 Å². The second-order valence-corrected chi connectivity index (χ2v) is 4.64. The molecule has 1 aromatic heterocycles. The summed E-state index contributed by atoms with van der Waals surface area (Å²) in [5, 5.41) is 21.9. The molecule has 0 atom stereocenters. The van der Waals surface area contributed by atoms with E-state index in [1.54, 1.807) is 30.3 Å². The molecule has 0 radical (unpaired) electrons. The van der Waals surface area contributed by atoms with Crippen LogP contribution in [0.5, 0.6) is 5.75 Å². The van der Waals surface area contributed by atoms with Crippen LogP contribution in [0.4, 0.5) is 0 Å². The van der Waals surface area contributed by atoms with E-state index >= 15 is 0 Å². The molecule has 104 valence electrons. The molecule has 0 bridgehead atoms. The highest BCUT2D eigenvalue weighted by Gasteiger charge is 2.04. The van der Waals surface area contributed by atoms with Crippen LogP contribution in [0.1, 0.15) is 5.56 Å². The predicted molar refractivity (Wildman–Crippen MR) is 81.4 cm³/mol. The lowest BCUT2D eigenvalue weighted by Crippen LogP contribution is -2.12. The van der Waals surface area contributed by atoms with Gasteiger partial charge in [0.1, 0.15) is 5.75 Å². The van der Waals surface area contributed by atoms with Gasteiger partial charge in [-0.2, -0.15) is 0 Å². The second-order valence-electron chi connectivity index (χ2n) is 4.64. The van der Waals surface area contributed by atoms with Crippen molar-refractivity contribution in [3.8, 4) is 17.0 Å². The third-order valence-electron chi connectivity index (χ3n) is 3.26. The number of fused-ring (bicyclic) bond motifs is 1. The van der Waals surface area contributed by atoms with Crippen LogP contribution in [0.3, 0.4) is 0 Å². The molecule has 1 heterocycles. The molecule has 21 heavy (non-hydrogen) atoms. The number of hydrogen-bond donors (Lipinski definition) is 3. The van der Waals surface area contributed by atoms with Crippen LogP contribution in [0.15, 0.2) is 59.8 Å². The Hall–Kier alpha value is -3.08. The number of pyridine rings is 1. The molecular formula is C16H13N3O2. The van der Waals surface area contributed by atoms with Crippen molar-refractivity contribution in [2.45, 2.75) is 0 Å².